The molecule has 4 rings (SSSR count). The van der Waals surface area contributed by atoms with Crippen molar-refractivity contribution in [2.24, 2.45) is 0 Å². The number of nitrogen functional groups attached to an aromatic ring is 1. The van der Waals surface area contributed by atoms with Gasteiger partial charge in [-0.05, 0) is 48.0 Å². The summed E-state index contributed by atoms with van der Waals surface area (Å²) in [5.74, 6) is 1.71. The summed E-state index contributed by atoms with van der Waals surface area (Å²) in [5, 5.41) is 0.813. The molecule has 1 aromatic heterocycles. The summed E-state index contributed by atoms with van der Waals surface area (Å²) in [6.07, 6.45) is 0. The molecule has 1 heterocycles. The van der Waals surface area contributed by atoms with Crippen molar-refractivity contribution in [2.75, 3.05) is 12.8 Å². The molecule has 6 heteroatoms. The molecule has 0 fully saturated rings. The van der Waals surface area contributed by atoms with E-state index in [1.165, 1.54) is 12.1 Å². The number of fused-ring (bicyclic) bond motifs is 1. The Morgan fingerprint density at radius 1 is 0.929 bits per heavy atom. The molecule has 0 aliphatic rings. The molecule has 0 saturated carbocycles. The molecule has 140 valence electrons. The van der Waals surface area contributed by atoms with Crippen LogP contribution in [0.2, 0.25) is 0 Å². The standard InChI is InChI=1S/C22H18FN3O2/c1-27-20-12-15(22-25-18-8-3-2-7-17(18)21(24)26-22)9-10-19(20)28-13-14-5-4-6-16(23)11-14/h2-12H,13H2,1H3,(H2,24,25,26). The summed E-state index contributed by atoms with van der Waals surface area (Å²) in [4.78, 5) is 8.99. The summed E-state index contributed by atoms with van der Waals surface area (Å²) in [6.45, 7) is 0.229. The highest BCUT2D eigenvalue weighted by atomic mass is 19.1. The van der Waals surface area contributed by atoms with Crippen LogP contribution in [0.15, 0.2) is 66.7 Å². The Bertz CT molecular complexity index is 1150. The molecule has 3 aromatic carbocycles. The van der Waals surface area contributed by atoms with Gasteiger partial charge in [0.25, 0.3) is 0 Å². The normalized spacial score (nSPS) is 10.8. The first kappa shape index (κ1) is 17.7. The fourth-order valence-electron chi connectivity index (χ4n) is 2.94. The minimum absolute atomic E-state index is 0.229. The topological polar surface area (TPSA) is 70.3 Å². The highest BCUT2D eigenvalue weighted by Gasteiger charge is 2.12. The summed E-state index contributed by atoms with van der Waals surface area (Å²) in [5.41, 5.74) is 8.34. The van der Waals surface area contributed by atoms with Crippen molar-refractivity contribution in [3.05, 3.63) is 78.1 Å². The Labute approximate surface area is 161 Å². The summed E-state index contributed by atoms with van der Waals surface area (Å²) in [6, 6.07) is 19.3. The van der Waals surface area contributed by atoms with Gasteiger partial charge in [0.05, 0.1) is 12.6 Å². The molecule has 0 spiro atoms. The third-order valence-electron chi connectivity index (χ3n) is 4.34. The van der Waals surface area contributed by atoms with Crippen LogP contribution >= 0.6 is 0 Å². The van der Waals surface area contributed by atoms with Crippen LogP contribution in [-0.2, 0) is 6.61 Å². The van der Waals surface area contributed by atoms with Crippen molar-refractivity contribution >= 4 is 16.7 Å². The second kappa shape index (κ2) is 7.52. The lowest BCUT2D eigenvalue weighted by molar-refractivity contribution is 0.284. The lowest BCUT2D eigenvalue weighted by Crippen LogP contribution is -2.00. The lowest BCUT2D eigenvalue weighted by atomic mass is 10.1. The van der Waals surface area contributed by atoms with Gasteiger partial charge in [-0.2, -0.15) is 0 Å². The number of benzene rings is 3. The summed E-state index contributed by atoms with van der Waals surface area (Å²) in [7, 11) is 1.56. The van der Waals surface area contributed by atoms with E-state index in [-0.39, 0.29) is 12.4 Å². The maximum atomic E-state index is 13.3. The van der Waals surface area contributed by atoms with Crippen LogP contribution in [0.4, 0.5) is 10.2 Å². The molecule has 0 saturated heterocycles. The van der Waals surface area contributed by atoms with Crippen molar-refractivity contribution in [3.63, 3.8) is 0 Å². The number of nitrogens with zero attached hydrogens (tertiary/aromatic N) is 2. The molecule has 0 radical (unpaired) electrons. The van der Waals surface area contributed by atoms with Gasteiger partial charge in [0.2, 0.25) is 0 Å². The monoisotopic (exact) mass is 375 g/mol. The van der Waals surface area contributed by atoms with Crippen molar-refractivity contribution in [1.82, 2.24) is 9.97 Å². The second-order valence-corrected chi connectivity index (χ2v) is 6.23. The number of hydrogen-bond donors (Lipinski definition) is 1. The Kier molecular flexibility index (Phi) is 4.76. The van der Waals surface area contributed by atoms with Gasteiger partial charge in [0, 0.05) is 10.9 Å². The third-order valence-corrected chi connectivity index (χ3v) is 4.34. The summed E-state index contributed by atoms with van der Waals surface area (Å²) < 4.78 is 24.6. The van der Waals surface area contributed by atoms with E-state index in [4.69, 9.17) is 15.2 Å². The number of anilines is 1. The quantitative estimate of drug-likeness (QED) is 0.552. The summed E-state index contributed by atoms with van der Waals surface area (Å²) >= 11 is 0. The van der Waals surface area contributed by atoms with E-state index >= 15 is 0 Å². The first-order valence-corrected chi connectivity index (χ1v) is 8.72. The number of ether oxygens (including phenoxy) is 2. The first-order valence-electron chi connectivity index (χ1n) is 8.72. The number of halogens is 1. The van der Waals surface area contributed by atoms with E-state index in [0.717, 1.165) is 22.0 Å². The van der Waals surface area contributed by atoms with E-state index in [1.807, 2.05) is 30.3 Å². The fourth-order valence-corrected chi connectivity index (χ4v) is 2.94. The Balaban J connectivity index is 1.63. The number of para-hydroxylation sites is 1. The van der Waals surface area contributed by atoms with E-state index in [1.54, 1.807) is 31.4 Å². The van der Waals surface area contributed by atoms with Crippen LogP contribution in [0.5, 0.6) is 11.5 Å². The molecule has 0 aliphatic carbocycles. The smallest absolute Gasteiger partial charge is 0.162 e. The molecule has 5 nitrogen and oxygen atoms in total. The molecule has 2 N–H and O–H groups in total. The van der Waals surface area contributed by atoms with Crippen LogP contribution < -0.4 is 15.2 Å². The molecule has 28 heavy (non-hydrogen) atoms. The molecule has 0 amide bonds. The van der Waals surface area contributed by atoms with Crippen LogP contribution in [0.3, 0.4) is 0 Å². The SMILES string of the molecule is COc1cc(-c2nc(N)c3ccccc3n2)ccc1OCc1cccc(F)c1. The van der Waals surface area contributed by atoms with Crippen molar-refractivity contribution in [1.29, 1.82) is 0 Å². The Morgan fingerprint density at radius 3 is 2.61 bits per heavy atom. The van der Waals surface area contributed by atoms with Gasteiger partial charge in [-0.25, -0.2) is 14.4 Å². The molecular weight excluding hydrogens is 357 g/mol. The second-order valence-electron chi connectivity index (χ2n) is 6.23. The van der Waals surface area contributed by atoms with E-state index in [2.05, 4.69) is 9.97 Å². The van der Waals surface area contributed by atoms with Gasteiger partial charge in [-0.15, -0.1) is 0 Å². The van der Waals surface area contributed by atoms with Crippen molar-refractivity contribution in [3.8, 4) is 22.9 Å². The zero-order chi connectivity index (χ0) is 19.5. The molecule has 0 unspecified atom stereocenters. The van der Waals surface area contributed by atoms with Gasteiger partial charge < -0.3 is 15.2 Å². The maximum Gasteiger partial charge on any atom is 0.162 e. The molecule has 4 aromatic rings. The van der Waals surface area contributed by atoms with E-state index in [0.29, 0.717) is 23.1 Å². The van der Waals surface area contributed by atoms with Gasteiger partial charge in [0.15, 0.2) is 17.3 Å². The Hall–Kier alpha value is -3.67. The molecule has 0 bridgehead atoms. The Morgan fingerprint density at radius 2 is 1.79 bits per heavy atom. The molecular formula is C22H18FN3O2. The van der Waals surface area contributed by atoms with Gasteiger partial charge >= 0.3 is 0 Å². The molecule has 0 aliphatic heterocycles. The van der Waals surface area contributed by atoms with Crippen LogP contribution in [0.1, 0.15) is 5.56 Å². The average Bonchev–Trinajstić information content (AvgIpc) is 2.72. The van der Waals surface area contributed by atoms with Gasteiger partial charge in [-0.1, -0.05) is 24.3 Å². The van der Waals surface area contributed by atoms with E-state index in [9.17, 15) is 4.39 Å². The zero-order valence-corrected chi connectivity index (χ0v) is 15.2. The highest BCUT2D eigenvalue weighted by Crippen LogP contribution is 2.33. The number of aromatic nitrogens is 2. The predicted molar refractivity (Wildman–Crippen MR) is 107 cm³/mol. The van der Waals surface area contributed by atoms with Crippen LogP contribution in [0.25, 0.3) is 22.3 Å². The number of hydrogen-bond acceptors (Lipinski definition) is 5. The number of methoxy groups -OCH3 is 1. The van der Waals surface area contributed by atoms with E-state index < -0.39 is 0 Å². The fraction of sp³-hybridized carbons (Fsp3) is 0.0909. The zero-order valence-electron chi connectivity index (χ0n) is 15.2. The maximum absolute atomic E-state index is 13.3. The number of nitrogens with two attached hydrogens (primary N) is 1. The van der Waals surface area contributed by atoms with Gasteiger partial charge in [0.1, 0.15) is 18.2 Å². The minimum Gasteiger partial charge on any atom is -0.493 e. The average molecular weight is 375 g/mol. The lowest BCUT2D eigenvalue weighted by Gasteiger charge is -2.12. The predicted octanol–water partition coefficient (Wildman–Crippen LogP) is 4.61. The van der Waals surface area contributed by atoms with Crippen LogP contribution in [0, 0.1) is 5.82 Å². The third kappa shape index (κ3) is 3.57. The highest BCUT2D eigenvalue weighted by molar-refractivity contribution is 5.89. The van der Waals surface area contributed by atoms with Gasteiger partial charge in [-0.3, -0.25) is 0 Å². The van der Waals surface area contributed by atoms with Crippen molar-refractivity contribution < 1.29 is 13.9 Å². The number of rotatable bonds is 5. The molecule has 0 atom stereocenters. The van der Waals surface area contributed by atoms with Crippen LogP contribution in [-0.4, -0.2) is 17.1 Å². The first-order chi connectivity index (χ1) is 13.6. The minimum atomic E-state index is -0.297. The van der Waals surface area contributed by atoms with Crippen molar-refractivity contribution in [2.45, 2.75) is 6.61 Å². The largest absolute Gasteiger partial charge is 0.493 e.